The first-order valence-electron chi connectivity index (χ1n) is 6.64. The van der Waals surface area contributed by atoms with Crippen molar-refractivity contribution < 1.29 is 19.4 Å². The minimum absolute atomic E-state index is 0.00280. The summed E-state index contributed by atoms with van der Waals surface area (Å²) in [4.78, 5) is 22.6. The maximum Gasteiger partial charge on any atom is 0.306 e. The molecule has 0 unspecified atom stereocenters. The highest BCUT2D eigenvalue weighted by Gasteiger charge is 2.29. The Balaban J connectivity index is 2.14. The molecule has 1 aliphatic carbocycles. The molecular weight excluding hydrogens is 234 g/mol. The number of aliphatic carboxylic acids is 1. The zero-order valence-corrected chi connectivity index (χ0v) is 11.0. The van der Waals surface area contributed by atoms with E-state index in [1.54, 1.807) is 7.11 Å². The van der Waals surface area contributed by atoms with E-state index in [9.17, 15) is 9.59 Å². The van der Waals surface area contributed by atoms with Crippen molar-refractivity contribution in [3.8, 4) is 0 Å². The molecule has 2 N–H and O–H groups in total. The summed E-state index contributed by atoms with van der Waals surface area (Å²) in [5.74, 6) is -0.900. The molecule has 18 heavy (non-hydrogen) atoms. The number of carboxylic acid groups (broad SMARTS) is 1. The fourth-order valence-corrected chi connectivity index (χ4v) is 2.33. The van der Waals surface area contributed by atoms with Crippen LogP contribution in [0.15, 0.2) is 0 Å². The number of unbranched alkanes of at least 4 members (excludes halogenated alkanes) is 1. The first-order chi connectivity index (χ1) is 8.65. The maximum atomic E-state index is 11.8. The van der Waals surface area contributed by atoms with Crippen LogP contribution in [0.5, 0.6) is 0 Å². The van der Waals surface area contributed by atoms with Crippen LogP contribution in [0, 0.1) is 11.8 Å². The fourth-order valence-electron chi connectivity index (χ4n) is 2.33. The summed E-state index contributed by atoms with van der Waals surface area (Å²) in [5.41, 5.74) is 0. The first-order valence-corrected chi connectivity index (χ1v) is 6.64. The van der Waals surface area contributed by atoms with Gasteiger partial charge in [-0.1, -0.05) is 0 Å². The van der Waals surface area contributed by atoms with Crippen LogP contribution in [0.4, 0.5) is 0 Å². The Kier molecular flexibility index (Phi) is 6.72. The van der Waals surface area contributed by atoms with Gasteiger partial charge in [-0.2, -0.15) is 0 Å². The van der Waals surface area contributed by atoms with Gasteiger partial charge in [-0.15, -0.1) is 0 Å². The van der Waals surface area contributed by atoms with E-state index < -0.39 is 5.97 Å². The van der Waals surface area contributed by atoms with Crippen LogP contribution in [0.3, 0.4) is 0 Å². The van der Waals surface area contributed by atoms with E-state index in [4.69, 9.17) is 9.84 Å². The van der Waals surface area contributed by atoms with E-state index in [0.717, 1.165) is 19.4 Å². The van der Waals surface area contributed by atoms with E-state index in [0.29, 0.717) is 32.2 Å². The third-order valence-corrected chi connectivity index (χ3v) is 3.52. The molecule has 0 aromatic rings. The number of methoxy groups -OCH3 is 1. The molecule has 0 spiro atoms. The maximum absolute atomic E-state index is 11.8. The summed E-state index contributed by atoms with van der Waals surface area (Å²) in [7, 11) is 1.67. The molecule has 0 aromatic carbocycles. The number of carbonyl (C=O) groups is 2. The number of carbonyl (C=O) groups excluding carboxylic acids is 1. The van der Waals surface area contributed by atoms with Gasteiger partial charge in [0.25, 0.3) is 0 Å². The van der Waals surface area contributed by atoms with Gasteiger partial charge in [0, 0.05) is 26.2 Å². The summed E-state index contributed by atoms with van der Waals surface area (Å²) in [5, 5.41) is 11.8. The van der Waals surface area contributed by atoms with Crippen LogP contribution in [-0.4, -0.2) is 37.2 Å². The number of ether oxygens (including phenoxy) is 1. The highest BCUT2D eigenvalue weighted by Crippen LogP contribution is 2.28. The third-order valence-electron chi connectivity index (χ3n) is 3.52. The van der Waals surface area contributed by atoms with Crippen LogP contribution in [0.2, 0.25) is 0 Å². The quantitative estimate of drug-likeness (QED) is 0.676. The van der Waals surface area contributed by atoms with Crippen molar-refractivity contribution in [2.75, 3.05) is 20.3 Å². The van der Waals surface area contributed by atoms with Gasteiger partial charge < -0.3 is 15.2 Å². The van der Waals surface area contributed by atoms with E-state index >= 15 is 0 Å². The lowest BCUT2D eigenvalue weighted by Crippen LogP contribution is -2.34. The number of rotatable bonds is 7. The Labute approximate surface area is 108 Å². The minimum atomic E-state index is -0.728. The van der Waals surface area contributed by atoms with Crippen molar-refractivity contribution in [1.82, 2.24) is 5.32 Å². The Bertz CT molecular complexity index is 272. The Morgan fingerprint density at radius 2 is 1.78 bits per heavy atom. The SMILES string of the molecule is COCCCCNC(=O)C1CCC(C(=O)O)CC1. The second-order valence-corrected chi connectivity index (χ2v) is 4.88. The standard InChI is InChI=1S/C13H23NO4/c1-18-9-3-2-8-14-12(15)10-4-6-11(7-5-10)13(16)17/h10-11H,2-9H2,1H3,(H,14,15)(H,16,17). The molecule has 1 amide bonds. The lowest BCUT2D eigenvalue weighted by atomic mass is 9.81. The summed E-state index contributed by atoms with van der Waals surface area (Å²) >= 11 is 0. The van der Waals surface area contributed by atoms with Crippen LogP contribution < -0.4 is 5.32 Å². The molecule has 1 fully saturated rings. The Morgan fingerprint density at radius 3 is 2.33 bits per heavy atom. The molecule has 0 atom stereocenters. The smallest absolute Gasteiger partial charge is 0.306 e. The molecule has 1 rings (SSSR count). The van der Waals surface area contributed by atoms with Gasteiger partial charge in [0.15, 0.2) is 0 Å². The summed E-state index contributed by atoms with van der Waals surface area (Å²) in [6, 6.07) is 0. The van der Waals surface area contributed by atoms with Crippen molar-refractivity contribution in [3.63, 3.8) is 0 Å². The average Bonchev–Trinajstić information content (AvgIpc) is 2.38. The summed E-state index contributed by atoms with van der Waals surface area (Å²) < 4.78 is 4.93. The normalized spacial score (nSPS) is 23.6. The van der Waals surface area contributed by atoms with Gasteiger partial charge >= 0.3 is 5.97 Å². The lowest BCUT2D eigenvalue weighted by molar-refractivity contribution is -0.144. The van der Waals surface area contributed by atoms with Crippen LogP contribution in [0.1, 0.15) is 38.5 Å². The second kappa shape index (κ2) is 8.08. The lowest BCUT2D eigenvalue weighted by Gasteiger charge is -2.25. The van der Waals surface area contributed by atoms with Crippen molar-refractivity contribution >= 4 is 11.9 Å². The monoisotopic (exact) mass is 257 g/mol. The highest BCUT2D eigenvalue weighted by molar-refractivity contribution is 5.79. The molecule has 0 saturated heterocycles. The van der Waals surface area contributed by atoms with Gasteiger partial charge in [0.1, 0.15) is 0 Å². The fraction of sp³-hybridized carbons (Fsp3) is 0.846. The third kappa shape index (κ3) is 5.04. The number of nitrogens with one attached hydrogen (secondary N) is 1. The van der Waals surface area contributed by atoms with Gasteiger partial charge in [-0.3, -0.25) is 9.59 Å². The highest BCUT2D eigenvalue weighted by atomic mass is 16.5. The largest absolute Gasteiger partial charge is 0.481 e. The first kappa shape index (κ1) is 15.0. The molecule has 5 heteroatoms. The van der Waals surface area contributed by atoms with Crippen LogP contribution >= 0.6 is 0 Å². The number of hydrogen-bond acceptors (Lipinski definition) is 3. The molecule has 1 saturated carbocycles. The predicted molar refractivity (Wildman–Crippen MR) is 67.2 cm³/mol. The van der Waals surface area contributed by atoms with E-state index in [1.165, 1.54) is 0 Å². The molecular formula is C13H23NO4. The average molecular weight is 257 g/mol. The molecule has 0 bridgehead atoms. The van der Waals surface area contributed by atoms with Crippen LogP contribution in [-0.2, 0) is 14.3 Å². The van der Waals surface area contributed by atoms with Crippen molar-refractivity contribution in [3.05, 3.63) is 0 Å². The van der Waals surface area contributed by atoms with E-state index in [2.05, 4.69) is 5.32 Å². The molecule has 0 heterocycles. The number of amides is 1. The van der Waals surface area contributed by atoms with E-state index in [1.807, 2.05) is 0 Å². The van der Waals surface area contributed by atoms with Crippen LogP contribution in [0.25, 0.3) is 0 Å². The van der Waals surface area contributed by atoms with Gasteiger partial charge in [-0.25, -0.2) is 0 Å². The van der Waals surface area contributed by atoms with Gasteiger partial charge in [-0.05, 0) is 38.5 Å². The van der Waals surface area contributed by atoms with Crippen molar-refractivity contribution in [2.45, 2.75) is 38.5 Å². The molecule has 0 aromatic heterocycles. The molecule has 104 valence electrons. The summed E-state index contributed by atoms with van der Waals surface area (Å²) in [6.07, 6.45) is 4.50. The summed E-state index contributed by atoms with van der Waals surface area (Å²) in [6.45, 7) is 1.40. The van der Waals surface area contributed by atoms with Gasteiger partial charge in [0.05, 0.1) is 5.92 Å². The molecule has 0 aliphatic heterocycles. The number of carboxylic acids is 1. The second-order valence-electron chi connectivity index (χ2n) is 4.88. The van der Waals surface area contributed by atoms with E-state index in [-0.39, 0.29) is 17.7 Å². The number of hydrogen-bond donors (Lipinski definition) is 2. The van der Waals surface area contributed by atoms with Crippen molar-refractivity contribution in [1.29, 1.82) is 0 Å². The molecule has 0 radical (unpaired) electrons. The minimum Gasteiger partial charge on any atom is -0.481 e. The predicted octanol–water partition coefficient (Wildman–Crippen LogP) is 1.42. The van der Waals surface area contributed by atoms with Crippen molar-refractivity contribution in [2.24, 2.45) is 11.8 Å². The molecule has 1 aliphatic rings. The Hall–Kier alpha value is -1.10. The molecule has 5 nitrogen and oxygen atoms in total. The zero-order valence-electron chi connectivity index (χ0n) is 11.0. The van der Waals surface area contributed by atoms with Gasteiger partial charge in [0.2, 0.25) is 5.91 Å². The topological polar surface area (TPSA) is 75.6 Å². The zero-order chi connectivity index (χ0) is 13.4. The Morgan fingerprint density at radius 1 is 1.17 bits per heavy atom.